The van der Waals surface area contributed by atoms with Gasteiger partial charge in [-0.15, -0.1) is 0 Å². The number of aliphatic carboxylic acids is 1. The Morgan fingerprint density at radius 1 is 1.42 bits per heavy atom. The number of hydrogen-bond acceptors (Lipinski definition) is 4. The molecule has 0 saturated heterocycles. The summed E-state index contributed by atoms with van der Waals surface area (Å²) in [5.74, 6) is -0.294. The maximum absolute atomic E-state index is 11.2. The van der Waals surface area contributed by atoms with Crippen LogP contribution in [0.15, 0.2) is 53.4 Å². The number of aromatic nitrogens is 3. The van der Waals surface area contributed by atoms with Crippen LogP contribution in [0.25, 0.3) is 11.4 Å². The standard InChI is InChI=1S/C20H23N3O3/c1-13(9-16-10-15(20(24)25)4-3-14(16)2)12-26-17-5-6-18(21-11-17)19-7-8-22-23-19/h5-9,11,15H,3-4,10,12H2,1-2H3,(H,22,23)(H,24,25)/b13-9+. The molecule has 1 aliphatic rings. The quantitative estimate of drug-likeness (QED) is 0.819. The molecule has 0 saturated carbocycles. The van der Waals surface area contributed by atoms with Crippen LogP contribution in [0.5, 0.6) is 5.75 Å². The summed E-state index contributed by atoms with van der Waals surface area (Å²) in [5.41, 5.74) is 5.12. The predicted octanol–water partition coefficient (Wildman–Crippen LogP) is 4.00. The van der Waals surface area contributed by atoms with Gasteiger partial charge in [0, 0.05) is 6.20 Å². The second kappa shape index (κ2) is 7.99. The molecule has 0 radical (unpaired) electrons. The number of carboxylic acid groups (broad SMARTS) is 1. The van der Waals surface area contributed by atoms with E-state index in [-0.39, 0.29) is 5.92 Å². The predicted molar refractivity (Wildman–Crippen MR) is 98.7 cm³/mol. The molecule has 0 spiro atoms. The molecule has 1 aliphatic carbocycles. The lowest BCUT2D eigenvalue weighted by atomic mass is 9.84. The minimum atomic E-state index is -0.708. The summed E-state index contributed by atoms with van der Waals surface area (Å²) < 4.78 is 5.80. The normalized spacial score (nSPS) is 18.1. The van der Waals surface area contributed by atoms with E-state index in [4.69, 9.17) is 4.74 Å². The number of H-pyrrole nitrogens is 1. The summed E-state index contributed by atoms with van der Waals surface area (Å²) in [4.78, 5) is 15.6. The van der Waals surface area contributed by atoms with Gasteiger partial charge in [0.15, 0.2) is 0 Å². The molecule has 2 aromatic rings. The van der Waals surface area contributed by atoms with E-state index < -0.39 is 5.97 Å². The van der Waals surface area contributed by atoms with Crippen molar-refractivity contribution in [2.24, 2.45) is 5.92 Å². The molecular weight excluding hydrogens is 330 g/mol. The zero-order valence-electron chi connectivity index (χ0n) is 15.0. The Labute approximate surface area is 152 Å². The van der Waals surface area contributed by atoms with Crippen LogP contribution in [-0.2, 0) is 4.79 Å². The molecule has 0 bridgehead atoms. The number of rotatable bonds is 6. The van der Waals surface area contributed by atoms with Crippen LogP contribution in [-0.4, -0.2) is 32.9 Å². The number of nitrogens with one attached hydrogen (secondary N) is 1. The number of allylic oxidation sites excluding steroid dienone is 3. The highest BCUT2D eigenvalue weighted by atomic mass is 16.5. The van der Waals surface area contributed by atoms with Gasteiger partial charge in [-0.05, 0) is 62.5 Å². The van der Waals surface area contributed by atoms with Crippen LogP contribution in [0.1, 0.15) is 33.1 Å². The minimum Gasteiger partial charge on any atom is -0.488 e. The molecule has 2 N–H and O–H groups in total. The van der Waals surface area contributed by atoms with Crippen molar-refractivity contribution in [3.63, 3.8) is 0 Å². The van der Waals surface area contributed by atoms with Crippen molar-refractivity contribution < 1.29 is 14.6 Å². The van der Waals surface area contributed by atoms with Gasteiger partial charge in [-0.1, -0.05) is 11.6 Å². The lowest BCUT2D eigenvalue weighted by molar-refractivity contribution is -0.142. The number of nitrogens with zero attached hydrogens (tertiary/aromatic N) is 2. The Morgan fingerprint density at radius 2 is 2.27 bits per heavy atom. The van der Waals surface area contributed by atoms with Crippen molar-refractivity contribution in [3.8, 4) is 17.1 Å². The number of carbonyl (C=O) groups is 1. The molecule has 2 heterocycles. The SMILES string of the molecule is CC1=C(/C=C(\C)COc2ccc(-c3ccn[nH]3)nc2)CC(C(=O)O)CC1. The van der Waals surface area contributed by atoms with Crippen molar-refractivity contribution in [2.45, 2.75) is 33.1 Å². The number of hydrogen-bond donors (Lipinski definition) is 2. The molecule has 26 heavy (non-hydrogen) atoms. The molecule has 6 nitrogen and oxygen atoms in total. The summed E-state index contributed by atoms with van der Waals surface area (Å²) in [6.07, 6.45) is 7.61. The van der Waals surface area contributed by atoms with Gasteiger partial charge in [0.05, 0.1) is 23.5 Å². The zero-order chi connectivity index (χ0) is 18.5. The number of carboxylic acids is 1. The maximum atomic E-state index is 11.2. The van der Waals surface area contributed by atoms with Crippen molar-refractivity contribution in [3.05, 3.63) is 53.4 Å². The topological polar surface area (TPSA) is 88.1 Å². The summed E-state index contributed by atoms with van der Waals surface area (Å²) in [5, 5.41) is 16.0. The molecule has 0 amide bonds. The third-order valence-electron chi connectivity index (χ3n) is 4.63. The average Bonchev–Trinajstić information content (AvgIpc) is 3.17. The highest BCUT2D eigenvalue weighted by molar-refractivity contribution is 5.71. The lowest BCUT2D eigenvalue weighted by Crippen LogP contribution is -2.18. The van der Waals surface area contributed by atoms with E-state index in [0.717, 1.165) is 35.4 Å². The molecule has 6 heteroatoms. The third-order valence-corrected chi connectivity index (χ3v) is 4.63. The van der Waals surface area contributed by atoms with E-state index in [0.29, 0.717) is 18.8 Å². The maximum Gasteiger partial charge on any atom is 0.306 e. The summed E-state index contributed by atoms with van der Waals surface area (Å²) in [6, 6.07) is 5.62. The van der Waals surface area contributed by atoms with E-state index in [1.54, 1.807) is 12.4 Å². The second-order valence-corrected chi connectivity index (χ2v) is 6.71. The first kappa shape index (κ1) is 17.9. The molecule has 0 fully saturated rings. The van der Waals surface area contributed by atoms with Gasteiger partial charge in [-0.25, -0.2) is 0 Å². The molecular formula is C20H23N3O3. The Balaban J connectivity index is 1.60. The van der Waals surface area contributed by atoms with Crippen molar-refractivity contribution in [2.75, 3.05) is 6.61 Å². The van der Waals surface area contributed by atoms with Crippen LogP contribution in [0.3, 0.4) is 0 Å². The van der Waals surface area contributed by atoms with Crippen LogP contribution < -0.4 is 4.74 Å². The van der Waals surface area contributed by atoms with E-state index in [2.05, 4.69) is 28.2 Å². The van der Waals surface area contributed by atoms with Crippen LogP contribution in [0, 0.1) is 5.92 Å². The third kappa shape index (κ3) is 4.39. The Kier molecular flexibility index (Phi) is 5.51. The van der Waals surface area contributed by atoms with E-state index in [9.17, 15) is 9.90 Å². The lowest BCUT2D eigenvalue weighted by Gasteiger charge is -2.21. The van der Waals surface area contributed by atoms with Gasteiger partial charge >= 0.3 is 5.97 Å². The van der Waals surface area contributed by atoms with Gasteiger partial charge in [0.2, 0.25) is 0 Å². The molecule has 0 aliphatic heterocycles. The fourth-order valence-corrected chi connectivity index (χ4v) is 3.05. The van der Waals surface area contributed by atoms with Crippen molar-refractivity contribution >= 4 is 5.97 Å². The van der Waals surface area contributed by atoms with Gasteiger partial charge in [0.25, 0.3) is 0 Å². The fourth-order valence-electron chi connectivity index (χ4n) is 3.05. The molecule has 1 unspecified atom stereocenters. The van der Waals surface area contributed by atoms with Gasteiger partial charge in [0.1, 0.15) is 12.4 Å². The van der Waals surface area contributed by atoms with Crippen molar-refractivity contribution in [1.29, 1.82) is 0 Å². The van der Waals surface area contributed by atoms with Crippen LogP contribution in [0.2, 0.25) is 0 Å². The van der Waals surface area contributed by atoms with E-state index in [1.807, 2.05) is 25.1 Å². The first-order valence-corrected chi connectivity index (χ1v) is 8.70. The summed E-state index contributed by atoms with van der Waals surface area (Å²) in [7, 11) is 0. The van der Waals surface area contributed by atoms with E-state index >= 15 is 0 Å². The van der Waals surface area contributed by atoms with Gasteiger partial charge < -0.3 is 9.84 Å². The van der Waals surface area contributed by atoms with Gasteiger partial charge in [-0.2, -0.15) is 5.10 Å². The fraction of sp³-hybridized carbons (Fsp3) is 0.350. The Hall–Kier alpha value is -2.89. The number of pyridine rings is 1. The highest BCUT2D eigenvalue weighted by Crippen LogP contribution is 2.31. The average molecular weight is 353 g/mol. The molecule has 3 rings (SSSR count). The molecule has 0 aromatic carbocycles. The summed E-state index contributed by atoms with van der Waals surface area (Å²) in [6.45, 7) is 4.52. The monoisotopic (exact) mass is 353 g/mol. The Morgan fingerprint density at radius 3 is 2.92 bits per heavy atom. The highest BCUT2D eigenvalue weighted by Gasteiger charge is 2.23. The second-order valence-electron chi connectivity index (χ2n) is 6.71. The van der Waals surface area contributed by atoms with Crippen LogP contribution in [0.4, 0.5) is 0 Å². The molecule has 1 atom stereocenters. The first-order valence-electron chi connectivity index (χ1n) is 8.70. The summed E-state index contributed by atoms with van der Waals surface area (Å²) >= 11 is 0. The zero-order valence-corrected chi connectivity index (χ0v) is 15.0. The first-order chi connectivity index (χ1) is 12.5. The van der Waals surface area contributed by atoms with Crippen molar-refractivity contribution in [1.82, 2.24) is 15.2 Å². The number of aromatic amines is 1. The Bertz CT molecular complexity index is 820. The van der Waals surface area contributed by atoms with E-state index in [1.165, 1.54) is 5.57 Å². The largest absolute Gasteiger partial charge is 0.488 e. The smallest absolute Gasteiger partial charge is 0.306 e. The van der Waals surface area contributed by atoms with Gasteiger partial charge in [-0.3, -0.25) is 14.9 Å². The molecule has 2 aromatic heterocycles. The number of ether oxygens (including phenoxy) is 1. The molecule has 136 valence electrons. The minimum absolute atomic E-state index is 0.280. The van der Waals surface area contributed by atoms with Crippen LogP contribution >= 0.6 is 0 Å².